The Morgan fingerprint density at radius 1 is 1.38 bits per heavy atom. The van der Waals surface area contributed by atoms with E-state index in [1.165, 1.54) is 0 Å². The van der Waals surface area contributed by atoms with Gasteiger partial charge in [-0.05, 0) is 26.7 Å². The second-order valence-corrected chi connectivity index (χ2v) is 4.08. The van der Waals surface area contributed by atoms with Gasteiger partial charge >= 0.3 is 12.0 Å². The van der Waals surface area contributed by atoms with Crippen LogP contribution in [0.3, 0.4) is 0 Å². The number of carboxylic acid groups (broad SMARTS) is 1. The predicted octanol–water partition coefficient (Wildman–Crippen LogP) is 1.24. The van der Waals surface area contributed by atoms with Crippen molar-refractivity contribution in [2.45, 2.75) is 26.7 Å². The second kappa shape index (κ2) is 5.72. The first-order chi connectivity index (χ1) is 7.60. The summed E-state index contributed by atoms with van der Waals surface area (Å²) in [5.41, 5.74) is 0. The van der Waals surface area contributed by atoms with E-state index < -0.39 is 11.9 Å². The van der Waals surface area contributed by atoms with Crippen molar-refractivity contribution in [2.75, 3.05) is 26.2 Å². The molecular weight excluding hydrogens is 208 g/mol. The topological polar surface area (TPSA) is 60.9 Å². The van der Waals surface area contributed by atoms with E-state index in [1.807, 2.05) is 13.8 Å². The van der Waals surface area contributed by atoms with Gasteiger partial charge in [-0.3, -0.25) is 4.79 Å². The van der Waals surface area contributed by atoms with E-state index in [-0.39, 0.29) is 6.03 Å². The third-order valence-corrected chi connectivity index (χ3v) is 3.08. The van der Waals surface area contributed by atoms with Crippen molar-refractivity contribution < 1.29 is 14.7 Å². The van der Waals surface area contributed by atoms with Gasteiger partial charge in [0.05, 0.1) is 5.92 Å². The van der Waals surface area contributed by atoms with Gasteiger partial charge < -0.3 is 14.9 Å². The molecule has 1 aliphatic rings. The maximum atomic E-state index is 12.0. The molecule has 0 saturated carbocycles. The second-order valence-electron chi connectivity index (χ2n) is 4.08. The molecule has 0 aliphatic carbocycles. The maximum absolute atomic E-state index is 12.0. The minimum absolute atomic E-state index is 0.0315. The van der Waals surface area contributed by atoms with Crippen LogP contribution in [0.1, 0.15) is 26.7 Å². The van der Waals surface area contributed by atoms with Crippen molar-refractivity contribution in [3.8, 4) is 0 Å². The number of hydrogen-bond donors (Lipinski definition) is 1. The lowest BCUT2D eigenvalue weighted by Crippen LogP contribution is -2.48. The number of likely N-dealkylation sites (tertiary alicyclic amines) is 1. The van der Waals surface area contributed by atoms with Gasteiger partial charge in [-0.1, -0.05) is 0 Å². The SMILES string of the molecule is CCN(CC)C(=O)N1CCC[C@H](C(=O)O)C1. The molecule has 1 rings (SSSR count). The number of carbonyl (C=O) groups excluding carboxylic acids is 1. The zero-order chi connectivity index (χ0) is 12.1. The average Bonchev–Trinajstić information content (AvgIpc) is 2.30. The molecule has 5 heteroatoms. The van der Waals surface area contributed by atoms with Gasteiger partial charge in [0.25, 0.3) is 0 Å². The zero-order valence-electron chi connectivity index (χ0n) is 9.98. The summed E-state index contributed by atoms with van der Waals surface area (Å²) >= 11 is 0. The fourth-order valence-corrected chi connectivity index (χ4v) is 2.05. The molecule has 0 aromatic heterocycles. The van der Waals surface area contributed by atoms with Crippen LogP contribution < -0.4 is 0 Å². The van der Waals surface area contributed by atoms with Crippen LogP contribution in [-0.2, 0) is 4.79 Å². The van der Waals surface area contributed by atoms with Gasteiger partial charge in [-0.25, -0.2) is 4.79 Å². The Hall–Kier alpha value is -1.26. The van der Waals surface area contributed by atoms with E-state index in [0.29, 0.717) is 32.6 Å². The minimum Gasteiger partial charge on any atom is -0.481 e. The number of rotatable bonds is 3. The van der Waals surface area contributed by atoms with Crippen molar-refractivity contribution in [3.05, 3.63) is 0 Å². The standard InChI is InChI=1S/C11H20N2O3/c1-3-12(4-2)11(16)13-7-5-6-9(8-13)10(14)15/h9H,3-8H2,1-2H3,(H,14,15)/t9-/m0/s1. The highest BCUT2D eigenvalue weighted by molar-refractivity contribution is 5.76. The van der Waals surface area contributed by atoms with E-state index in [4.69, 9.17) is 5.11 Å². The van der Waals surface area contributed by atoms with Crippen LogP contribution in [0.15, 0.2) is 0 Å². The van der Waals surface area contributed by atoms with Crippen LogP contribution in [0, 0.1) is 5.92 Å². The highest BCUT2D eigenvalue weighted by Gasteiger charge is 2.29. The Morgan fingerprint density at radius 2 is 2.00 bits per heavy atom. The highest BCUT2D eigenvalue weighted by Crippen LogP contribution is 2.17. The summed E-state index contributed by atoms with van der Waals surface area (Å²) in [6.45, 7) is 6.23. The number of carbonyl (C=O) groups is 2. The van der Waals surface area contributed by atoms with Gasteiger partial charge in [0.1, 0.15) is 0 Å². The number of urea groups is 1. The summed E-state index contributed by atoms with van der Waals surface area (Å²) in [5.74, 6) is -1.19. The molecule has 1 heterocycles. The van der Waals surface area contributed by atoms with Crippen LogP contribution in [0.5, 0.6) is 0 Å². The van der Waals surface area contributed by atoms with Gasteiger partial charge in [-0.2, -0.15) is 0 Å². The first kappa shape index (κ1) is 12.8. The first-order valence-electron chi connectivity index (χ1n) is 5.86. The number of hydrogen-bond acceptors (Lipinski definition) is 2. The molecular formula is C11H20N2O3. The molecule has 0 radical (unpaired) electrons. The molecule has 0 aromatic rings. The van der Waals surface area contributed by atoms with E-state index in [9.17, 15) is 9.59 Å². The van der Waals surface area contributed by atoms with E-state index in [0.717, 1.165) is 6.42 Å². The van der Waals surface area contributed by atoms with Crippen molar-refractivity contribution in [3.63, 3.8) is 0 Å². The van der Waals surface area contributed by atoms with Gasteiger partial charge in [0.15, 0.2) is 0 Å². The average molecular weight is 228 g/mol. The highest BCUT2D eigenvalue weighted by atomic mass is 16.4. The maximum Gasteiger partial charge on any atom is 0.320 e. The van der Waals surface area contributed by atoms with Crippen molar-refractivity contribution in [1.29, 1.82) is 0 Å². The third-order valence-electron chi connectivity index (χ3n) is 3.08. The Balaban J connectivity index is 2.59. The molecule has 0 bridgehead atoms. The van der Waals surface area contributed by atoms with Crippen LogP contribution in [0.4, 0.5) is 4.79 Å². The number of amides is 2. The molecule has 1 N–H and O–H groups in total. The molecule has 1 atom stereocenters. The minimum atomic E-state index is -0.794. The summed E-state index contributed by atoms with van der Waals surface area (Å²) in [7, 11) is 0. The third kappa shape index (κ3) is 2.87. The van der Waals surface area contributed by atoms with Crippen LogP contribution in [0.25, 0.3) is 0 Å². The molecule has 92 valence electrons. The van der Waals surface area contributed by atoms with Crippen LogP contribution in [-0.4, -0.2) is 53.1 Å². The monoisotopic (exact) mass is 228 g/mol. The lowest BCUT2D eigenvalue weighted by atomic mass is 9.99. The molecule has 1 fully saturated rings. The molecule has 5 nitrogen and oxygen atoms in total. The number of carboxylic acids is 1. The van der Waals surface area contributed by atoms with Crippen LogP contribution >= 0.6 is 0 Å². The van der Waals surface area contributed by atoms with E-state index >= 15 is 0 Å². The quantitative estimate of drug-likeness (QED) is 0.790. The number of aliphatic carboxylic acids is 1. The Labute approximate surface area is 96.0 Å². The summed E-state index contributed by atoms with van der Waals surface area (Å²) in [6, 6.07) is -0.0315. The predicted molar refractivity (Wildman–Crippen MR) is 60.2 cm³/mol. The van der Waals surface area contributed by atoms with Gasteiger partial charge in [0.2, 0.25) is 0 Å². The Morgan fingerprint density at radius 3 is 2.50 bits per heavy atom. The fourth-order valence-electron chi connectivity index (χ4n) is 2.05. The molecule has 0 unspecified atom stereocenters. The summed E-state index contributed by atoms with van der Waals surface area (Å²) in [4.78, 5) is 26.3. The number of nitrogens with zero attached hydrogens (tertiary/aromatic N) is 2. The normalized spacial score (nSPS) is 20.6. The van der Waals surface area contributed by atoms with Crippen molar-refractivity contribution in [1.82, 2.24) is 9.80 Å². The summed E-state index contributed by atoms with van der Waals surface area (Å²) in [5, 5.41) is 8.94. The smallest absolute Gasteiger partial charge is 0.320 e. The van der Waals surface area contributed by atoms with Gasteiger partial charge in [-0.15, -0.1) is 0 Å². The van der Waals surface area contributed by atoms with Crippen molar-refractivity contribution >= 4 is 12.0 Å². The van der Waals surface area contributed by atoms with Crippen LogP contribution in [0.2, 0.25) is 0 Å². The lowest BCUT2D eigenvalue weighted by Gasteiger charge is -2.34. The first-order valence-corrected chi connectivity index (χ1v) is 5.86. The molecule has 0 spiro atoms. The number of piperidine rings is 1. The summed E-state index contributed by atoms with van der Waals surface area (Å²) < 4.78 is 0. The largest absolute Gasteiger partial charge is 0.481 e. The molecule has 16 heavy (non-hydrogen) atoms. The Kier molecular flexibility index (Phi) is 4.58. The molecule has 2 amide bonds. The Bertz CT molecular complexity index is 264. The fraction of sp³-hybridized carbons (Fsp3) is 0.818. The molecule has 1 saturated heterocycles. The molecule has 0 aromatic carbocycles. The zero-order valence-corrected chi connectivity index (χ0v) is 9.98. The lowest BCUT2D eigenvalue weighted by molar-refractivity contribution is -0.143. The van der Waals surface area contributed by atoms with Crippen molar-refractivity contribution in [2.24, 2.45) is 5.92 Å². The van der Waals surface area contributed by atoms with Gasteiger partial charge in [0, 0.05) is 26.2 Å². The molecule has 1 aliphatic heterocycles. The van der Waals surface area contributed by atoms with E-state index in [1.54, 1.807) is 9.80 Å². The summed E-state index contributed by atoms with van der Waals surface area (Å²) in [6.07, 6.45) is 1.46. The van der Waals surface area contributed by atoms with E-state index in [2.05, 4.69) is 0 Å².